The molecule has 0 unspecified atom stereocenters. The molecule has 0 radical (unpaired) electrons. The number of rotatable bonds is 10. The number of hydrogen-bond donors (Lipinski definition) is 1. The van der Waals surface area contributed by atoms with Gasteiger partial charge in [0.15, 0.2) is 0 Å². The molecule has 0 spiro atoms. The molecule has 0 bridgehead atoms. The van der Waals surface area contributed by atoms with Crippen molar-refractivity contribution in [3.63, 3.8) is 0 Å². The molecule has 1 rings (SSSR count). The third-order valence-electron chi connectivity index (χ3n) is 4.42. The molecule has 1 amide bonds. The third-order valence-corrected chi connectivity index (χ3v) is 5.89. The van der Waals surface area contributed by atoms with Gasteiger partial charge in [0, 0.05) is 20.0 Å². The molecule has 1 aromatic rings. The number of anilines is 1. The van der Waals surface area contributed by atoms with E-state index in [1.165, 1.54) is 6.92 Å². The third kappa shape index (κ3) is 6.40. The number of para-hydroxylation sites is 1. The van der Waals surface area contributed by atoms with Crippen molar-refractivity contribution in [2.75, 3.05) is 23.7 Å². The maximum atomic E-state index is 12.4. The van der Waals surface area contributed by atoms with Crippen molar-refractivity contribution in [1.29, 1.82) is 0 Å². The number of hydrogen-bond acceptors (Lipinski definition) is 3. The van der Waals surface area contributed by atoms with Crippen molar-refractivity contribution in [3.8, 4) is 0 Å². The number of carbonyl (C=O) groups is 1. The molecule has 0 aromatic heterocycles. The molecular formula is C20H34N2O3S. The lowest BCUT2D eigenvalue weighted by Crippen LogP contribution is -2.39. The maximum Gasteiger partial charge on any atom is 0.223 e. The first-order chi connectivity index (χ1) is 12.1. The number of unbranched alkanes of at least 4 members (excludes halogenated alkanes) is 1. The van der Waals surface area contributed by atoms with E-state index < -0.39 is 10.0 Å². The van der Waals surface area contributed by atoms with Crippen molar-refractivity contribution in [1.82, 2.24) is 4.72 Å². The van der Waals surface area contributed by atoms with E-state index in [4.69, 9.17) is 0 Å². The maximum absolute atomic E-state index is 12.4. The molecule has 0 atom stereocenters. The summed E-state index contributed by atoms with van der Waals surface area (Å²) in [7, 11) is -3.29. The van der Waals surface area contributed by atoms with Gasteiger partial charge < -0.3 is 4.90 Å². The first-order valence-electron chi connectivity index (χ1n) is 9.49. The second-order valence-corrected chi connectivity index (χ2v) is 9.26. The smallest absolute Gasteiger partial charge is 0.223 e. The van der Waals surface area contributed by atoms with Gasteiger partial charge in [-0.05, 0) is 29.4 Å². The Bertz CT molecular complexity index is 671. The van der Waals surface area contributed by atoms with Gasteiger partial charge in [-0.15, -0.1) is 0 Å². The topological polar surface area (TPSA) is 66.5 Å². The predicted molar refractivity (Wildman–Crippen MR) is 109 cm³/mol. The van der Waals surface area contributed by atoms with Crippen LogP contribution in [0.3, 0.4) is 0 Å². The van der Waals surface area contributed by atoms with Crippen molar-refractivity contribution < 1.29 is 13.2 Å². The van der Waals surface area contributed by atoms with E-state index in [0.29, 0.717) is 13.0 Å². The number of amides is 1. The zero-order chi connectivity index (χ0) is 19.9. The number of carbonyl (C=O) groups excluding carboxylic acids is 1. The van der Waals surface area contributed by atoms with Crippen LogP contribution in [0, 0.1) is 0 Å². The van der Waals surface area contributed by atoms with Gasteiger partial charge in [0.1, 0.15) is 0 Å². The van der Waals surface area contributed by atoms with E-state index in [2.05, 4.69) is 32.4 Å². The second-order valence-electron chi connectivity index (χ2n) is 7.33. The average Bonchev–Trinajstić information content (AvgIpc) is 2.55. The molecular weight excluding hydrogens is 348 g/mol. The molecule has 1 aromatic carbocycles. The first kappa shape index (κ1) is 22.6. The lowest BCUT2D eigenvalue weighted by molar-refractivity contribution is -0.116. The molecule has 0 aliphatic heterocycles. The first-order valence-corrected chi connectivity index (χ1v) is 11.1. The lowest BCUT2D eigenvalue weighted by Gasteiger charge is -2.29. The van der Waals surface area contributed by atoms with E-state index >= 15 is 0 Å². The standard InChI is InChI=1S/C20H34N2O3S/c1-7-8-14-26(24,25)21-12-13-22(17(6)23)20-18(15(2)3)10-9-11-19(20)16(4)5/h9-11,15-16,21H,7-8,12-14H2,1-6H3. The highest BCUT2D eigenvalue weighted by Crippen LogP contribution is 2.35. The van der Waals surface area contributed by atoms with E-state index in [-0.39, 0.29) is 30.0 Å². The molecule has 26 heavy (non-hydrogen) atoms. The van der Waals surface area contributed by atoms with Gasteiger partial charge in [0.2, 0.25) is 15.9 Å². The fourth-order valence-corrected chi connectivity index (χ4v) is 4.18. The van der Waals surface area contributed by atoms with Gasteiger partial charge in [0.05, 0.1) is 11.4 Å². The van der Waals surface area contributed by atoms with Gasteiger partial charge in [-0.3, -0.25) is 4.79 Å². The highest BCUT2D eigenvalue weighted by atomic mass is 32.2. The molecule has 0 saturated heterocycles. The average molecular weight is 383 g/mol. The molecule has 148 valence electrons. The molecule has 6 heteroatoms. The number of sulfonamides is 1. The molecule has 0 fully saturated rings. The quantitative estimate of drug-likeness (QED) is 0.665. The number of nitrogens with one attached hydrogen (secondary N) is 1. The molecule has 0 heterocycles. The SMILES string of the molecule is CCCCS(=O)(=O)NCCN(C(C)=O)c1c(C(C)C)cccc1C(C)C. The minimum Gasteiger partial charge on any atom is -0.311 e. The van der Waals surface area contributed by atoms with Gasteiger partial charge in [-0.2, -0.15) is 0 Å². The molecule has 0 saturated carbocycles. The Labute approximate surface area is 159 Å². The van der Waals surface area contributed by atoms with Crippen LogP contribution in [-0.4, -0.2) is 33.2 Å². The summed E-state index contributed by atoms with van der Waals surface area (Å²) in [6, 6.07) is 6.13. The number of nitrogens with zero attached hydrogens (tertiary/aromatic N) is 1. The van der Waals surface area contributed by atoms with Crippen molar-refractivity contribution in [2.24, 2.45) is 0 Å². The Morgan fingerprint density at radius 2 is 1.65 bits per heavy atom. The van der Waals surface area contributed by atoms with E-state index in [1.54, 1.807) is 4.90 Å². The Morgan fingerprint density at radius 3 is 2.08 bits per heavy atom. The van der Waals surface area contributed by atoms with Gasteiger partial charge in [0.25, 0.3) is 0 Å². The molecule has 1 N–H and O–H groups in total. The summed E-state index contributed by atoms with van der Waals surface area (Å²) < 4.78 is 26.7. The zero-order valence-electron chi connectivity index (χ0n) is 17.0. The van der Waals surface area contributed by atoms with E-state index in [1.807, 2.05) is 25.1 Å². The van der Waals surface area contributed by atoms with Crippen molar-refractivity contribution >= 4 is 21.6 Å². The summed E-state index contributed by atoms with van der Waals surface area (Å²) in [5.41, 5.74) is 3.15. The van der Waals surface area contributed by atoms with Gasteiger partial charge in [-0.1, -0.05) is 59.2 Å². The predicted octanol–water partition coefficient (Wildman–Crippen LogP) is 4.01. The van der Waals surface area contributed by atoms with E-state index in [9.17, 15) is 13.2 Å². The monoisotopic (exact) mass is 382 g/mol. The van der Waals surface area contributed by atoms with Crippen LogP contribution in [0.5, 0.6) is 0 Å². The second kappa shape index (κ2) is 10.1. The van der Waals surface area contributed by atoms with Crippen LogP contribution in [0.4, 0.5) is 5.69 Å². The van der Waals surface area contributed by atoms with Crippen LogP contribution in [0.15, 0.2) is 18.2 Å². The summed E-state index contributed by atoms with van der Waals surface area (Å²) in [5.74, 6) is 0.593. The summed E-state index contributed by atoms with van der Waals surface area (Å²) in [6.45, 7) is 12.5. The molecule has 0 aliphatic carbocycles. The minimum atomic E-state index is -3.29. The Balaban J connectivity index is 3.09. The van der Waals surface area contributed by atoms with E-state index in [0.717, 1.165) is 23.2 Å². The fourth-order valence-electron chi connectivity index (χ4n) is 2.97. The molecule has 0 aliphatic rings. The van der Waals surface area contributed by atoms with Gasteiger partial charge in [-0.25, -0.2) is 13.1 Å². The van der Waals surface area contributed by atoms with Crippen molar-refractivity contribution in [2.45, 2.75) is 66.2 Å². The Morgan fingerprint density at radius 1 is 1.12 bits per heavy atom. The van der Waals surface area contributed by atoms with Crippen LogP contribution in [0.1, 0.15) is 77.3 Å². The van der Waals surface area contributed by atoms with Crippen LogP contribution in [-0.2, 0) is 14.8 Å². The van der Waals surface area contributed by atoms with Gasteiger partial charge >= 0.3 is 0 Å². The van der Waals surface area contributed by atoms with Crippen LogP contribution in [0.2, 0.25) is 0 Å². The fraction of sp³-hybridized carbons (Fsp3) is 0.650. The summed E-state index contributed by atoms with van der Waals surface area (Å²) >= 11 is 0. The summed E-state index contributed by atoms with van der Waals surface area (Å²) in [5, 5.41) is 0. The van der Waals surface area contributed by atoms with Crippen molar-refractivity contribution in [3.05, 3.63) is 29.3 Å². The molecule has 5 nitrogen and oxygen atoms in total. The van der Waals surface area contributed by atoms with Crippen LogP contribution in [0.25, 0.3) is 0 Å². The highest BCUT2D eigenvalue weighted by molar-refractivity contribution is 7.89. The lowest BCUT2D eigenvalue weighted by atomic mass is 9.92. The van der Waals surface area contributed by atoms with Crippen LogP contribution < -0.4 is 9.62 Å². The summed E-state index contributed by atoms with van der Waals surface area (Å²) in [4.78, 5) is 14.1. The number of benzene rings is 1. The summed E-state index contributed by atoms with van der Waals surface area (Å²) in [6.07, 6.45) is 1.47. The minimum absolute atomic E-state index is 0.0762. The normalized spacial score (nSPS) is 12.0. The Kier molecular flexibility index (Phi) is 8.77. The Hall–Kier alpha value is -1.40. The zero-order valence-corrected chi connectivity index (χ0v) is 17.8. The highest BCUT2D eigenvalue weighted by Gasteiger charge is 2.22. The largest absolute Gasteiger partial charge is 0.311 e. The van der Waals surface area contributed by atoms with Crippen LogP contribution >= 0.6 is 0 Å².